The number of nitrogens with two attached hydrogens (primary N) is 1. The van der Waals surface area contributed by atoms with E-state index >= 15 is 0 Å². The summed E-state index contributed by atoms with van der Waals surface area (Å²) in [5.41, 5.74) is -4.56. The number of rotatable bonds is 2. The van der Waals surface area contributed by atoms with Crippen molar-refractivity contribution in [2.45, 2.75) is 30.6 Å². The molecule has 0 saturated carbocycles. The van der Waals surface area contributed by atoms with Gasteiger partial charge < -0.3 is 0 Å². The van der Waals surface area contributed by atoms with Crippen molar-refractivity contribution in [1.82, 2.24) is 0 Å². The number of sulfonamides is 1. The first-order chi connectivity index (χ1) is 8.78. The minimum atomic E-state index is -5.50. The molecule has 0 bridgehead atoms. The molecule has 0 amide bonds. The third kappa shape index (κ3) is 3.42. The van der Waals surface area contributed by atoms with Gasteiger partial charge in [0.1, 0.15) is 0 Å². The highest BCUT2D eigenvalue weighted by molar-refractivity contribution is 7.89. The molecule has 0 aromatic heterocycles. The van der Waals surface area contributed by atoms with E-state index in [9.17, 15) is 34.8 Å². The Morgan fingerprint density at radius 1 is 1.05 bits per heavy atom. The monoisotopic (exact) mass is 321 g/mol. The molecule has 1 aromatic carbocycles. The molecular weight excluding hydrogens is 312 g/mol. The van der Waals surface area contributed by atoms with Crippen LogP contribution in [0.3, 0.4) is 0 Å². The SMILES string of the molecule is CCc1cc(C(F)(F)F)c(C(F)(F)F)c(S(N)(=O)=O)c1. The molecule has 0 aliphatic rings. The first kappa shape index (κ1) is 16.8. The fourth-order valence-corrected chi connectivity index (χ4v) is 2.44. The van der Waals surface area contributed by atoms with E-state index in [1.165, 1.54) is 6.92 Å². The Labute approximate surface area is 110 Å². The maximum atomic E-state index is 12.8. The number of hydrogen-bond acceptors (Lipinski definition) is 2. The third-order valence-electron chi connectivity index (χ3n) is 2.47. The summed E-state index contributed by atoms with van der Waals surface area (Å²) in [4.78, 5) is -1.57. The smallest absolute Gasteiger partial charge is 0.225 e. The molecule has 3 nitrogen and oxygen atoms in total. The second-order valence-corrected chi connectivity index (χ2v) is 5.44. The first-order valence-corrected chi connectivity index (χ1v) is 6.67. The Kier molecular flexibility index (Phi) is 4.12. The standard InChI is InChI=1S/C10H9F6NO2S/c1-2-5-3-6(9(11,12)13)8(10(14,15)16)7(4-5)20(17,18)19/h3-4H,2H2,1H3,(H2,17,18,19). The lowest BCUT2D eigenvalue weighted by atomic mass is 10.0. The molecular formula is C10H9F6NO2S. The van der Waals surface area contributed by atoms with Crippen molar-refractivity contribution < 1.29 is 34.8 Å². The fraction of sp³-hybridized carbons (Fsp3) is 0.400. The van der Waals surface area contributed by atoms with E-state index in [0.29, 0.717) is 6.07 Å². The Morgan fingerprint density at radius 2 is 1.55 bits per heavy atom. The summed E-state index contributed by atoms with van der Waals surface area (Å²) in [5, 5.41) is 4.59. The molecule has 0 saturated heterocycles. The van der Waals surface area contributed by atoms with Crippen molar-refractivity contribution in [1.29, 1.82) is 0 Å². The highest BCUT2D eigenvalue weighted by atomic mass is 32.2. The summed E-state index contributed by atoms with van der Waals surface area (Å²) < 4.78 is 98.9. The van der Waals surface area contributed by atoms with Crippen LogP contribution < -0.4 is 5.14 Å². The molecule has 0 atom stereocenters. The lowest BCUT2D eigenvalue weighted by Gasteiger charge is -2.19. The molecule has 0 fully saturated rings. The third-order valence-corrected chi connectivity index (χ3v) is 3.40. The molecule has 2 N–H and O–H groups in total. The van der Waals surface area contributed by atoms with E-state index in [0.717, 1.165) is 0 Å². The van der Waals surface area contributed by atoms with Gasteiger partial charge in [0.25, 0.3) is 0 Å². The van der Waals surface area contributed by atoms with E-state index < -0.39 is 38.4 Å². The van der Waals surface area contributed by atoms with Gasteiger partial charge in [0.05, 0.1) is 16.0 Å². The zero-order valence-electron chi connectivity index (χ0n) is 9.93. The van der Waals surface area contributed by atoms with Gasteiger partial charge in [-0.05, 0) is 24.1 Å². The second-order valence-electron chi connectivity index (χ2n) is 3.91. The quantitative estimate of drug-likeness (QED) is 0.852. The Balaban J connectivity index is 3.93. The van der Waals surface area contributed by atoms with Crippen molar-refractivity contribution in [3.05, 3.63) is 28.8 Å². The summed E-state index contributed by atoms with van der Waals surface area (Å²) in [5.74, 6) is 0. The largest absolute Gasteiger partial charge is 0.418 e. The van der Waals surface area contributed by atoms with Crippen molar-refractivity contribution in [3.8, 4) is 0 Å². The maximum Gasteiger partial charge on any atom is 0.418 e. The molecule has 0 aliphatic carbocycles. The van der Waals surface area contributed by atoms with Gasteiger partial charge in [-0.3, -0.25) is 0 Å². The number of benzene rings is 1. The molecule has 0 spiro atoms. The summed E-state index contributed by atoms with van der Waals surface area (Å²) in [6.07, 6.45) is -10.9. The lowest BCUT2D eigenvalue weighted by molar-refractivity contribution is -0.163. The van der Waals surface area contributed by atoms with E-state index in [1.807, 2.05) is 0 Å². The number of halogens is 6. The summed E-state index contributed by atoms with van der Waals surface area (Å²) in [7, 11) is -4.95. The highest BCUT2D eigenvalue weighted by Gasteiger charge is 2.46. The van der Waals surface area contributed by atoms with Crippen LogP contribution in [0.5, 0.6) is 0 Å². The molecule has 114 valence electrons. The van der Waals surface area contributed by atoms with Gasteiger partial charge in [-0.15, -0.1) is 0 Å². The minimum absolute atomic E-state index is 0.0796. The Bertz CT molecular complexity index is 618. The molecule has 0 aliphatic heterocycles. The zero-order chi connectivity index (χ0) is 15.9. The molecule has 0 heterocycles. The lowest BCUT2D eigenvalue weighted by Crippen LogP contribution is -2.24. The van der Waals surface area contributed by atoms with Crippen LogP contribution in [-0.4, -0.2) is 8.42 Å². The minimum Gasteiger partial charge on any atom is -0.225 e. The maximum absolute atomic E-state index is 12.8. The van der Waals surface area contributed by atoms with Crippen LogP contribution in [0.25, 0.3) is 0 Å². The fourth-order valence-electron chi connectivity index (χ4n) is 1.62. The molecule has 1 rings (SSSR count). The molecule has 1 aromatic rings. The van der Waals surface area contributed by atoms with E-state index in [4.69, 9.17) is 0 Å². The topological polar surface area (TPSA) is 60.2 Å². The zero-order valence-corrected chi connectivity index (χ0v) is 10.7. The predicted octanol–water partition coefficient (Wildman–Crippen LogP) is 2.93. The van der Waals surface area contributed by atoms with E-state index in [2.05, 4.69) is 5.14 Å². The number of aryl methyl sites for hydroxylation is 1. The van der Waals surface area contributed by atoms with Crippen LogP contribution >= 0.6 is 0 Å². The van der Waals surface area contributed by atoms with Crippen LogP contribution in [0.15, 0.2) is 17.0 Å². The molecule has 20 heavy (non-hydrogen) atoms. The second kappa shape index (κ2) is 4.92. The van der Waals surface area contributed by atoms with Crippen molar-refractivity contribution in [2.24, 2.45) is 5.14 Å². The summed E-state index contributed by atoms with van der Waals surface area (Å²) in [6.45, 7) is 1.37. The average molecular weight is 321 g/mol. The first-order valence-electron chi connectivity index (χ1n) is 5.12. The van der Waals surface area contributed by atoms with Gasteiger partial charge in [-0.2, -0.15) is 26.3 Å². The number of primary sulfonamides is 1. The average Bonchev–Trinajstić information content (AvgIpc) is 2.23. The molecule has 10 heteroatoms. The summed E-state index contributed by atoms with van der Waals surface area (Å²) >= 11 is 0. The highest BCUT2D eigenvalue weighted by Crippen LogP contribution is 2.43. The normalized spacial score (nSPS) is 13.6. The number of alkyl halides is 6. The van der Waals surface area contributed by atoms with Crippen LogP contribution in [0, 0.1) is 0 Å². The van der Waals surface area contributed by atoms with Crippen molar-refractivity contribution in [2.75, 3.05) is 0 Å². The van der Waals surface area contributed by atoms with E-state index in [-0.39, 0.29) is 18.1 Å². The van der Waals surface area contributed by atoms with Gasteiger partial charge in [0.2, 0.25) is 10.0 Å². The van der Waals surface area contributed by atoms with Gasteiger partial charge >= 0.3 is 12.4 Å². The van der Waals surface area contributed by atoms with Crippen LogP contribution in [0.2, 0.25) is 0 Å². The molecule has 0 unspecified atom stereocenters. The Hall–Kier alpha value is -1.29. The van der Waals surface area contributed by atoms with Crippen molar-refractivity contribution in [3.63, 3.8) is 0 Å². The van der Waals surface area contributed by atoms with Gasteiger partial charge in [-0.25, -0.2) is 13.6 Å². The number of hydrogen-bond donors (Lipinski definition) is 1. The molecule has 0 radical (unpaired) electrons. The Morgan fingerprint density at radius 3 is 1.85 bits per heavy atom. The van der Waals surface area contributed by atoms with Gasteiger partial charge in [-0.1, -0.05) is 6.92 Å². The van der Waals surface area contributed by atoms with Gasteiger partial charge in [0, 0.05) is 0 Å². The predicted molar refractivity (Wildman–Crippen MR) is 57.2 cm³/mol. The van der Waals surface area contributed by atoms with Crippen molar-refractivity contribution >= 4 is 10.0 Å². The van der Waals surface area contributed by atoms with Crippen LogP contribution in [0.1, 0.15) is 23.6 Å². The van der Waals surface area contributed by atoms with Crippen LogP contribution in [-0.2, 0) is 28.8 Å². The summed E-state index contributed by atoms with van der Waals surface area (Å²) in [6, 6.07) is 0.783. The van der Waals surface area contributed by atoms with Gasteiger partial charge in [0.15, 0.2) is 0 Å². The van der Waals surface area contributed by atoms with Crippen LogP contribution in [0.4, 0.5) is 26.3 Å². The van der Waals surface area contributed by atoms with E-state index in [1.54, 1.807) is 0 Å².